The zero-order valence-electron chi connectivity index (χ0n) is 7.57. The van der Waals surface area contributed by atoms with Crippen molar-refractivity contribution in [3.8, 4) is 0 Å². The number of alkyl halides is 1. The second-order valence-electron chi connectivity index (χ2n) is 3.70. The maximum Gasteiger partial charge on any atom is 0.265 e. The molecule has 1 atom stereocenters. The minimum Gasteiger partial charge on any atom is -0.296 e. The third-order valence-electron chi connectivity index (χ3n) is 2.36. The molecule has 76 valence electrons. The molecule has 0 spiro atoms. The quantitative estimate of drug-likeness (QED) is 0.365. The highest BCUT2D eigenvalue weighted by Gasteiger charge is 2.33. The molecule has 0 aliphatic heterocycles. The number of nitrogens with zero attached hydrogens (tertiary/aromatic N) is 1. The molecule has 1 unspecified atom stereocenters. The average molecular weight is 259 g/mol. The molecule has 0 heterocycles. The Labute approximate surface area is 90.3 Å². The van der Waals surface area contributed by atoms with Gasteiger partial charge in [-0.15, -0.1) is 0 Å². The first-order valence-corrected chi connectivity index (χ1v) is 5.39. The van der Waals surface area contributed by atoms with E-state index in [1.165, 1.54) is 12.8 Å². The molecule has 0 aromatic rings. The van der Waals surface area contributed by atoms with Crippen LogP contribution in [0.4, 0.5) is 0 Å². The van der Waals surface area contributed by atoms with Crippen LogP contribution in [0.1, 0.15) is 19.3 Å². The van der Waals surface area contributed by atoms with Crippen LogP contribution < -0.4 is 5.32 Å². The summed E-state index contributed by atoms with van der Waals surface area (Å²) in [6.45, 7) is 0. The molecule has 0 saturated heterocycles. The summed E-state index contributed by atoms with van der Waals surface area (Å²) in [6.07, 6.45) is 8.04. The second kappa shape index (κ2) is 3.47. The van der Waals surface area contributed by atoms with Gasteiger partial charge in [0, 0.05) is 18.5 Å². The standard InChI is InChI=1S/C9H11BrN2O2/c10-9(11-7-1-2-7)5-3-8(4-6-9)12(13)14/h3-5,7,11H,1-2,6H2. The van der Waals surface area contributed by atoms with Crippen molar-refractivity contribution >= 4 is 15.9 Å². The molecule has 0 amide bonds. The van der Waals surface area contributed by atoms with Crippen molar-refractivity contribution in [3.05, 3.63) is 34.0 Å². The topological polar surface area (TPSA) is 55.2 Å². The first kappa shape index (κ1) is 9.86. The van der Waals surface area contributed by atoms with Gasteiger partial charge in [-0.25, -0.2) is 0 Å². The van der Waals surface area contributed by atoms with E-state index in [2.05, 4.69) is 21.2 Å². The molecule has 14 heavy (non-hydrogen) atoms. The first-order valence-electron chi connectivity index (χ1n) is 4.59. The van der Waals surface area contributed by atoms with Gasteiger partial charge in [0.25, 0.3) is 5.70 Å². The Hall–Kier alpha value is -0.680. The number of hydrogen-bond acceptors (Lipinski definition) is 3. The number of allylic oxidation sites excluding steroid dienone is 1. The Morgan fingerprint density at radius 3 is 2.79 bits per heavy atom. The van der Waals surface area contributed by atoms with Gasteiger partial charge in [0.1, 0.15) is 0 Å². The molecule has 1 saturated carbocycles. The number of nitro groups is 1. The lowest BCUT2D eigenvalue weighted by molar-refractivity contribution is -0.419. The monoisotopic (exact) mass is 258 g/mol. The summed E-state index contributed by atoms with van der Waals surface area (Å²) in [5, 5.41) is 13.8. The SMILES string of the molecule is O=[N+]([O-])C1=CCC(Br)(NC2CC2)C=C1. The van der Waals surface area contributed by atoms with E-state index < -0.39 is 0 Å². The highest BCUT2D eigenvalue weighted by atomic mass is 79.9. The highest BCUT2D eigenvalue weighted by molar-refractivity contribution is 9.10. The van der Waals surface area contributed by atoms with Gasteiger partial charge in [-0.05, 0) is 25.0 Å². The van der Waals surface area contributed by atoms with E-state index in [9.17, 15) is 10.1 Å². The van der Waals surface area contributed by atoms with Gasteiger partial charge in [-0.1, -0.05) is 15.9 Å². The third-order valence-corrected chi connectivity index (χ3v) is 3.18. The molecule has 1 fully saturated rings. The van der Waals surface area contributed by atoms with Crippen molar-refractivity contribution in [1.29, 1.82) is 0 Å². The maximum atomic E-state index is 10.5. The van der Waals surface area contributed by atoms with Crippen molar-refractivity contribution < 1.29 is 4.92 Å². The lowest BCUT2D eigenvalue weighted by atomic mass is 10.1. The predicted octanol–water partition coefficient (Wildman–Crippen LogP) is 1.95. The predicted molar refractivity (Wildman–Crippen MR) is 56.7 cm³/mol. The summed E-state index contributed by atoms with van der Waals surface area (Å²) < 4.78 is -0.270. The van der Waals surface area contributed by atoms with E-state index in [0.717, 1.165) is 0 Å². The van der Waals surface area contributed by atoms with Crippen LogP contribution in [0, 0.1) is 10.1 Å². The van der Waals surface area contributed by atoms with Crippen LogP contribution in [-0.4, -0.2) is 15.4 Å². The minimum absolute atomic E-state index is 0.178. The summed E-state index contributed by atoms with van der Waals surface area (Å²) in [5.41, 5.74) is 0.178. The molecule has 0 radical (unpaired) electrons. The van der Waals surface area contributed by atoms with Crippen LogP contribution in [0.3, 0.4) is 0 Å². The van der Waals surface area contributed by atoms with E-state index in [1.807, 2.05) is 6.08 Å². The highest BCUT2D eigenvalue weighted by Crippen LogP contribution is 2.32. The second-order valence-corrected chi connectivity index (χ2v) is 5.12. The molecule has 0 bridgehead atoms. The molecule has 2 rings (SSSR count). The first-order chi connectivity index (χ1) is 6.59. The number of nitrogens with one attached hydrogen (secondary N) is 1. The van der Waals surface area contributed by atoms with Crippen LogP contribution in [0.15, 0.2) is 23.9 Å². The number of rotatable bonds is 3. The van der Waals surface area contributed by atoms with Crippen LogP contribution in [0.25, 0.3) is 0 Å². The summed E-state index contributed by atoms with van der Waals surface area (Å²) >= 11 is 3.55. The number of hydrogen-bond donors (Lipinski definition) is 1. The normalized spacial score (nSPS) is 31.4. The van der Waals surface area contributed by atoms with Crippen molar-refractivity contribution in [2.75, 3.05) is 0 Å². The Balaban J connectivity index is 2.00. The lowest BCUT2D eigenvalue weighted by Crippen LogP contribution is -2.39. The Kier molecular flexibility index (Phi) is 2.45. The maximum absolute atomic E-state index is 10.5. The molecular formula is C9H11BrN2O2. The van der Waals surface area contributed by atoms with Gasteiger partial charge >= 0.3 is 0 Å². The van der Waals surface area contributed by atoms with Gasteiger partial charge in [-0.2, -0.15) is 0 Å². The van der Waals surface area contributed by atoms with Crippen molar-refractivity contribution in [1.82, 2.24) is 5.32 Å². The van der Waals surface area contributed by atoms with Gasteiger partial charge in [0.15, 0.2) is 0 Å². The molecular weight excluding hydrogens is 248 g/mol. The van der Waals surface area contributed by atoms with Crippen molar-refractivity contribution in [2.45, 2.75) is 29.8 Å². The third kappa shape index (κ3) is 2.22. The van der Waals surface area contributed by atoms with E-state index in [0.29, 0.717) is 12.5 Å². The molecule has 4 nitrogen and oxygen atoms in total. The minimum atomic E-state index is -0.361. The fourth-order valence-corrected chi connectivity index (χ4v) is 2.03. The van der Waals surface area contributed by atoms with Gasteiger partial charge in [0.05, 0.1) is 9.37 Å². The van der Waals surface area contributed by atoms with Crippen molar-refractivity contribution in [2.24, 2.45) is 0 Å². The molecule has 2 aliphatic carbocycles. The molecule has 2 aliphatic rings. The molecule has 0 aromatic heterocycles. The smallest absolute Gasteiger partial charge is 0.265 e. The Morgan fingerprint density at radius 1 is 1.64 bits per heavy atom. The van der Waals surface area contributed by atoms with Crippen LogP contribution in [0.5, 0.6) is 0 Å². The molecule has 0 aromatic carbocycles. The van der Waals surface area contributed by atoms with Gasteiger partial charge < -0.3 is 0 Å². The fraction of sp³-hybridized carbons (Fsp3) is 0.556. The fourth-order valence-electron chi connectivity index (χ4n) is 1.42. The zero-order chi connectivity index (χ0) is 10.2. The number of halogens is 1. The largest absolute Gasteiger partial charge is 0.296 e. The Bertz CT molecular complexity index is 323. The van der Waals surface area contributed by atoms with E-state index in [-0.39, 0.29) is 15.1 Å². The summed E-state index contributed by atoms with van der Waals surface area (Å²) in [7, 11) is 0. The van der Waals surface area contributed by atoms with Gasteiger partial charge in [0.2, 0.25) is 0 Å². The molecule has 5 heteroatoms. The van der Waals surface area contributed by atoms with Crippen molar-refractivity contribution in [3.63, 3.8) is 0 Å². The van der Waals surface area contributed by atoms with Crippen LogP contribution in [0.2, 0.25) is 0 Å². The summed E-state index contributed by atoms with van der Waals surface area (Å²) in [5.74, 6) is 0. The van der Waals surface area contributed by atoms with E-state index >= 15 is 0 Å². The van der Waals surface area contributed by atoms with Crippen LogP contribution >= 0.6 is 15.9 Å². The summed E-state index contributed by atoms with van der Waals surface area (Å²) in [6, 6.07) is 0.574. The molecule has 1 N–H and O–H groups in total. The lowest BCUT2D eigenvalue weighted by Gasteiger charge is -2.25. The van der Waals surface area contributed by atoms with Crippen LogP contribution in [-0.2, 0) is 0 Å². The summed E-state index contributed by atoms with van der Waals surface area (Å²) in [4.78, 5) is 10.1. The van der Waals surface area contributed by atoms with Gasteiger partial charge in [-0.3, -0.25) is 15.4 Å². The zero-order valence-corrected chi connectivity index (χ0v) is 9.16. The Morgan fingerprint density at radius 2 is 2.36 bits per heavy atom. The van der Waals surface area contributed by atoms with E-state index in [1.54, 1.807) is 12.2 Å². The average Bonchev–Trinajstić information content (AvgIpc) is 2.88. The van der Waals surface area contributed by atoms with E-state index in [4.69, 9.17) is 0 Å².